The normalized spacial score (nSPS) is 12.9. The number of allylic oxidation sites excluding steroid dienone is 1. The van der Waals surface area contributed by atoms with Crippen LogP contribution in [0.15, 0.2) is 30.1 Å². The van der Waals surface area contributed by atoms with Crippen molar-refractivity contribution in [3.63, 3.8) is 0 Å². The maximum absolute atomic E-state index is 10.8. The first-order valence-corrected chi connectivity index (χ1v) is 6.84. The summed E-state index contributed by atoms with van der Waals surface area (Å²) in [6, 6.07) is 3.74. The minimum absolute atomic E-state index is 0.148. The molecule has 0 aliphatic heterocycles. The van der Waals surface area contributed by atoms with Gasteiger partial charge in [-0.3, -0.25) is 5.41 Å². The van der Waals surface area contributed by atoms with Crippen LogP contribution in [0.2, 0.25) is 5.02 Å². The molecular weight excluding hydrogens is 333 g/mol. The molecule has 23 heavy (non-hydrogen) atoms. The van der Waals surface area contributed by atoms with Crippen LogP contribution in [0.4, 0.5) is 19.0 Å². The summed E-state index contributed by atoms with van der Waals surface area (Å²) in [5.41, 5.74) is 10.6. The molecule has 1 unspecified atom stereocenters. The number of alkyl halides is 3. The summed E-state index contributed by atoms with van der Waals surface area (Å²) in [4.78, 5) is 4.14. The topological polar surface area (TPSA) is 113 Å². The van der Waals surface area contributed by atoms with Gasteiger partial charge < -0.3 is 22.1 Å². The number of nitrogens with one attached hydrogen (secondary N) is 3. The number of likely N-dealkylation sites (N-methyl/N-ethyl adjacent to an activating group) is 1. The summed E-state index contributed by atoms with van der Waals surface area (Å²) in [6.07, 6.45) is -0.939. The molecule has 0 aromatic carbocycles. The van der Waals surface area contributed by atoms with Gasteiger partial charge in [-0.15, -0.1) is 0 Å². The highest BCUT2D eigenvalue weighted by Crippen LogP contribution is 2.18. The third kappa shape index (κ3) is 9.01. The largest absolute Gasteiger partial charge is 0.448 e. The highest BCUT2D eigenvalue weighted by atomic mass is 35.5. The fourth-order valence-electron chi connectivity index (χ4n) is 1.28. The van der Waals surface area contributed by atoms with Gasteiger partial charge in [-0.05, 0) is 32.2 Å². The number of anilines is 1. The summed E-state index contributed by atoms with van der Waals surface area (Å²) in [5, 5.41) is 12.6. The van der Waals surface area contributed by atoms with Crippen molar-refractivity contribution < 1.29 is 13.2 Å². The van der Waals surface area contributed by atoms with Gasteiger partial charge in [0.1, 0.15) is 5.82 Å². The molecule has 1 heterocycles. The van der Waals surface area contributed by atoms with E-state index in [-0.39, 0.29) is 6.04 Å². The molecule has 1 aromatic rings. The lowest BCUT2D eigenvalue weighted by Crippen LogP contribution is -2.31. The van der Waals surface area contributed by atoms with Gasteiger partial charge >= 0.3 is 6.18 Å². The minimum atomic E-state index is -4.64. The average Bonchev–Trinajstić information content (AvgIpc) is 2.47. The van der Waals surface area contributed by atoms with Crippen molar-refractivity contribution in [2.75, 3.05) is 18.9 Å². The third-order valence-corrected chi connectivity index (χ3v) is 2.76. The molecule has 6 nitrogen and oxygen atoms in total. The van der Waals surface area contributed by atoms with Crippen LogP contribution in [-0.4, -0.2) is 36.6 Å². The number of nitrogens with two attached hydrogens (primary N) is 2. The number of amidine groups is 1. The van der Waals surface area contributed by atoms with Crippen LogP contribution >= 0.6 is 11.6 Å². The van der Waals surface area contributed by atoms with Crippen molar-refractivity contribution in [3.05, 3.63) is 35.1 Å². The van der Waals surface area contributed by atoms with Gasteiger partial charge in [-0.2, -0.15) is 13.2 Å². The molecular formula is C13H20ClF3N6. The Labute approximate surface area is 137 Å². The van der Waals surface area contributed by atoms with E-state index >= 15 is 0 Å². The van der Waals surface area contributed by atoms with Crippen LogP contribution in [0.3, 0.4) is 0 Å². The van der Waals surface area contributed by atoms with Crippen LogP contribution < -0.4 is 22.1 Å². The van der Waals surface area contributed by atoms with E-state index in [4.69, 9.17) is 22.7 Å². The third-order valence-electron chi connectivity index (χ3n) is 2.46. The van der Waals surface area contributed by atoms with Crippen molar-refractivity contribution in [3.8, 4) is 0 Å². The van der Waals surface area contributed by atoms with Crippen LogP contribution in [-0.2, 0) is 0 Å². The van der Waals surface area contributed by atoms with Gasteiger partial charge in [0.2, 0.25) is 0 Å². The highest BCUT2D eigenvalue weighted by molar-refractivity contribution is 6.32. The van der Waals surface area contributed by atoms with Crippen LogP contribution in [0.25, 0.3) is 0 Å². The predicted molar refractivity (Wildman–Crippen MR) is 86.5 cm³/mol. The van der Waals surface area contributed by atoms with Crippen molar-refractivity contribution in [2.24, 2.45) is 11.5 Å². The standard InChI is InChI=1S/C11H17ClN4.C2H3F3N2/c1-8(6-9(7-13)14-2)16-11-10(12)4-3-5-15-11;3-2(4,5)1(6)7/h3-6,9,14H,7,13H2,1-2H3,(H,15,16);(H3,6,7)/b8-6-;. The first kappa shape index (κ1) is 21.2. The number of hydrogen-bond donors (Lipinski definition) is 5. The van der Waals surface area contributed by atoms with E-state index in [1.165, 1.54) is 0 Å². The Balaban J connectivity index is 0.000000585. The summed E-state index contributed by atoms with van der Waals surface area (Å²) >= 11 is 5.98. The van der Waals surface area contributed by atoms with Crippen molar-refractivity contribution in [1.29, 1.82) is 5.41 Å². The van der Waals surface area contributed by atoms with Gasteiger partial charge in [0.15, 0.2) is 5.84 Å². The van der Waals surface area contributed by atoms with Gasteiger partial charge in [-0.1, -0.05) is 11.6 Å². The average molecular weight is 353 g/mol. The number of nitrogens with zero attached hydrogens (tertiary/aromatic N) is 1. The highest BCUT2D eigenvalue weighted by Gasteiger charge is 2.31. The van der Waals surface area contributed by atoms with E-state index in [2.05, 4.69) is 21.4 Å². The molecule has 0 spiro atoms. The molecule has 0 saturated heterocycles. The van der Waals surface area contributed by atoms with E-state index in [1.54, 1.807) is 18.3 Å². The molecule has 7 N–H and O–H groups in total. The van der Waals surface area contributed by atoms with Crippen LogP contribution in [0, 0.1) is 5.41 Å². The SMILES string of the molecule is CNC(/C=C(/C)Nc1ncccc1Cl)CN.N=C(N)C(F)(F)F. The Morgan fingerprint density at radius 1 is 1.52 bits per heavy atom. The molecule has 1 atom stereocenters. The summed E-state index contributed by atoms with van der Waals surface area (Å²) in [6.45, 7) is 2.50. The lowest BCUT2D eigenvalue weighted by Gasteiger charge is -2.12. The smallest absolute Gasteiger partial charge is 0.380 e. The summed E-state index contributed by atoms with van der Waals surface area (Å²) < 4.78 is 32.5. The maximum atomic E-state index is 10.8. The Kier molecular flexibility index (Phi) is 9.23. The zero-order valence-electron chi connectivity index (χ0n) is 12.7. The zero-order chi connectivity index (χ0) is 18.0. The lowest BCUT2D eigenvalue weighted by molar-refractivity contribution is -0.0606. The van der Waals surface area contributed by atoms with Gasteiger partial charge in [0.05, 0.1) is 5.02 Å². The molecule has 1 rings (SSSR count). The Bertz CT molecular complexity index is 529. The molecule has 130 valence electrons. The second kappa shape index (κ2) is 10.0. The molecule has 0 aliphatic carbocycles. The summed E-state index contributed by atoms with van der Waals surface area (Å²) in [5.74, 6) is -1.10. The number of halogens is 4. The molecule has 1 aromatic heterocycles. The quantitative estimate of drug-likeness (QED) is 0.411. The van der Waals surface area contributed by atoms with Crippen LogP contribution in [0.5, 0.6) is 0 Å². The van der Waals surface area contributed by atoms with Crippen molar-refractivity contribution in [2.45, 2.75) is 19.1 Å². The zero-order valence-corrected chi connectivity index (χ0v) is 13.5. The molecule has 10 heteroatoms. The Morgan fingerprint density at radius 2 is 2.09 bits per heavy atom. The molecule has 0 saturated carbocycles. The fraction of sp³-hybridized carbons (Fsp3) is 0.385. The molecule has 0 bridgehead atoms. The fourth-order valence-corrected chi connectivity index (χ4v) is 1.45. The molecule has 0 aliphatic rings. The van der Waals surface area contributed by atoms with Gasteiger partial charge in [0, 0.05) is 24.5 Å². The van der Waals surface area contributed by atoms with E-state index in [0.29, 0.717) is 17.4 Å². The first-order valence-electron chi connectivity index (χ1n) is 6.46. The van der Waals surface area contributed by atoms with Crippen LogP contribution in [0.1, 0.15) is 6.92 Å². The molecule has 0 fully saturated rings. The number of hydrogen-bond acceptors (Lipinski definition) is 5. The van der Waals surface area contributed by atoms with E-state index in [9.17, 15) is 13.2 Å². The van der Waals surface area contributed by atoms with Gasteiger partial charge in [-0.25, -0.2) is 4.98 Å². The number of rotatable bonds is 5. The lowest BCUT2D eigenvalue weighted by atomic mass is 10.2. The number of aromatic nitrogens is 1. The van der Waals surface area contributed by atoms with E-state index in [1.807, 2.05) is 20.0 Å². The van der Waals surface area contributed by atoms with Crippen molar-refractivity contribution >= 4 is 23.3 Å². The Morgan fingerprint density at radius 3 is 2.48 bits per heavy atom. The van der Waals surface area contributed by atoms with E-state index in [0.717, 1.165) is 5.70 Å². The van der Waals surface area contributed by atoms with E-state index < -0.39 is 12.0 Å². The Hall–Kier alpha value is -1.84. The molecule has 0 radical (unpaired) electrons. The second-order valence-electron chi connectivity index (χ2n) is 4.35. The minimum Gasteiger partial charge on any atom is -0.380 e. The van der Waals surface area contributed by atoms with Crippen molar-refractivity contribution in [1.82, 2.24) is 10.3 Å². The maximum Gasteiger partial charge on any atom is 0.448 e. The second-order valence-corrected chi connectivity index (χ2v) is 4.76. The molecule has 0 amide bonds. The monoisotopic (exact) mass is 352 g/mol. The van der Waals surface area contributed by atoms with Gasteiger partial charge in [0.25, 0.3) is 0 Å². The predicted octanol–water partition coefficient (Wildman–Crippen LogP) is 2.08. The summed E-state index contributed by atoms with van der Waals surface area (Å²) in [7, 11) is 1.87. The first-order chi connectivity index (χ1) is 10.6. The number of pyridine rings is 1.